The van der Waals surface area contributed by atoms with Crippen molar-refractivity contribution in [2.75, 3.05) is 20.1 Å². The van der Waals surface area contributed by atoms with Gasteiger partial charge < -0.3 is 15.2 Å². The number of hydrogen-bond donors (Lipinski definition) is 2. The second-order valence-electron chi connectivity index (χ2n) is 5.88. The third kappa shape index (κ3) is 2.31. The van der Waals surface area contributed by atoms with Crippen molar-refractivity contribution in [3.63, 3.8) is 0 Å². The number of H-pyrrole nitrogens is 1. The van der Waals surface area contributed by atoms with Gasteiger partial charge in [-0.1, -0.05) is 6.07 Å². The van der Waals surface area contributed by atoms with Gasteiger partial charge in [0.2, 0.25) is 0 Å². The first-order chi connectivity index (χ1) is 9.61. The number of likely N-dealkylation sites (tertiary alicyclic amines) is 1. The summed E-state index contributed by atoms with van der Waals surface area (Å²) in [6.45, 7) is 3.86. The van der Waals surface area contributed by atoms with Crippen molar-refractivity contribution in [1.82, 2.24) is 15.2 Å². The van der Waals surface area contributed by atoms with Crippen LogP contribution in [0.2, 0.25) is 0 Å². The summed E-state index contributed by atoms with van der Waals surface area (Å²) in [5, 5.41) is 4.50. The van der Waals surface area contributed by atoms with Crippen LogP contribution in [-0.4, -0.2) is 41.5 Å². The number of aromatic amines is 1. The van der Waals surface area contributed by atoms with Crippen molar-refractivity contribution < 1.29 is 4.79 Å². The minimum absolute atomic E-state index is 0.139. The van der Waals surface area contributed by atoms with Gasteiger partial charge in [0.15, 0.2) is 0 Å². The van der Waals surface area contributed by atoms with E-state index in [-0.39, 0.29) is 11.4 Å². The topological polar surface area (TPSA) is 48.1 Å². The van der Waals surface area contributed by atoms with E-state index < -0.39 is 0 Å². The molecule has 0 unspecified atom stereocenters. The van der Waals surface area contributed by atoms with Crippen molar-refractivity contribution in [2.45, 2.75) is 25.3 Å². The largest absolute Gasteiger partial charge is 0.361 e. The second kappa shape index (κ2) is 4.94. The molecule has 2 N–H and O–H groups in total. The SMILES string of the molecule is CNC1(C)CCN(C(=O)c2ccc3cc[nH]c3c2)CC1. The molecule has 106 valence electrons. The van der Waals surface area contributed by atoms with Crippen LogP contribution in [0, 0.1) is 0 Å². The van der Waals surface area contributed by atoms with Crippen LogP contribution >= 0.6 is 0 Å². The summed E-state index contributed by atoms with van der Waals surface area (Å²) in [5.74, 6) is 0.139. The Morgan fingerprint density at radius 1 is 1.30 bits per heavy atom. The normalized spacial score (nSPS) is 18.4. The van der Waals surface area contributed by atoms with E-state index in [2.05, 4.69) is 17.2 Å². The first kappa shape index (κ1) is 13.2. The highest BCUT2D eigenvalue weighted by atomic mass is 16.2. The summed E-state index contributed by atoms with van der Waals surface area (Å²) < 4.78 is 0. The molecule has 2 heterocycles. The molecule has 3 rings (SSSR count). The highest BCUT2D eigenvalue weighted by Crippen LogP contribution is 2.23. The Kier molecular flexibility index (Phi) is 3.26. The predicted molar refractivity (Wildman–Crippen MR) is 80.9 cm³/mol. The molecule has 1 fully saturated rings. The first-order valence-corrected chi connectivity index (χ1v) is 7.17. The lowest BCUT2D eigenvalue weighted by atomic mass is 9.89. The van der Waals surface area contributed by atoms with Gasteiger partial charge in [-0.05, 0) is 50.4 Å². The van der Waals surface area contributed by atoms with E-state index in [0.717, 1.165) is 42.4 Å². The molecule has 2 aromatic rings. The molecule has 1 aromatic heterocycles. The van der Waals surface area contributed by atoms with Gasteiger partial charge in [0, 0.05) is 35.9 Å². The van der Waals surface area contributed by atoms with Gasteiger partial charge in [0.05, 0.1) is 0 Å². The number of aromatic nitrogens is 1. The molecule has 20 heavy (non-hydrogen) atoms. The Balaban J connectivity index is 1.76. The van der Waals surface area contributed by atoms with Gasteiger partial charge in [-0.25, -0.2) is 0 Å². The van der Waals surface area contributed by atoms with Crippen LogP contribution in [0.15, 0.2) is 30.5 Å². The average molecular weight is 271 g/mol. The molecule has 0 radical (unpaired) electrons. The van der Waals surface area contributed by atoms with Crippen LogP contribution in [0.5, 0.6) is 0 Å². The van der Waals surface area contributed by atoms with Crippen molar-refractivity contribution in [3.8, 4) is 0 Å². The molecule has 1 aliphatic rings. The Bertz CT molecular complexity index is 623. The summed E-state index contributed by atoms with van der Waals surface area (Å²) in [6.07, 6.45) is 3.90. The highest BCUT2D eigenvalue weighted by Gasteiger charge is 2.30. The summed E-state index contributed by atoms with van der Waals surface area (Å²) in [7, 11) is 2.00. The summed E-state index contributed by atoms with van der Waals surface area (Å²) >= 11 is 0. The van der Waals surface area contributed by atoms with E-state index >= 15 is 0 Å². The zero-order valence-corrected chi connectivity index (χ0v) is 12.1. The Morgan fingerprint density at radius 2 is 2.05 bits per heavy atom. The van der Waals surface area contributed by atoms with Crippen LogP contribution in [0.4, 0.5) is 0 Å². The first-order valence-electron chi connectivity index (χ1n) is 7.17. The second-order valence-corrected chi connectivity index (χ2v) is 5.88. The van der Waals surface area contributed by atoms with Gasteiger partial charge in [0.1, 0.15) is 0 Å². The third-order valence-corrected chi connectivity index (χ3v) is 4.56. The van der Waals surface area contributed by atoms with Crippen molar-refractivity contribution in [1.29, 1.82) is 0 Å². The molecule has 1 saturated heterocycles. The summed E-state index contributed by atoms with van der Waals surface area (Å²) in [5.41, 5.74) is 1.96. The predicted octanol–water partition coefficient (Wildman–Crippen LogP) is 2.38. The van der Waals surface area contributed by atoms with E-state index in [4.69, 9.17) is 0 Å². The molecule has 0 bridgehead atoms. The molecule has 4 nitrogen and oxygen atoms in total. The number of amides is 1. The minimum Gasteiger partial charge on any atom is -0.361 e. The average Bonchev–Trinajstić information content (AvgIpc) is 2.94. The van der Waals surface area contributed by atoms with Gasteiger partial charge in [-0.2, -0.15) is 0 Å². The van der Waals surface area contributed by atoms with Crippen LogP contribution in [-0.2, 0) is 0 Å². The smallest absolute Gasteiger partial charge is 0.253 e. The maximum Gasteiger partial charge on any atom is 0.253 e. The third-order valence-electron chi connectivity index (χ3n) is 4.56. The molecular formula is C16H21N3O. The molecule has 4 heteroatoms. The molecule has 0 saturated carbocycles. The van der Waals surface area contributed by atoms with E-state index in [0.29, 0.717) is 0 Å². The number of carbonyl (C=O) groups excluding carboxylic acids is 1. The van der Waals surface area contributed by atoms with Gasteiger partial charge in [-0.15, -0.1) is 0 Å². The fourth-order valence-corrected chi connectivity index (χ4v) is 2.82. The van der Waals surface area contributed by atoms with Crippen molar-refractivity contribution >= 4 is 16.8 Å². The van der Waals surface area contributed by atoms with Crippen LogP contribution < -0.4 is 5.32 Å². The maximum absolute atomic E-state index is 12.6. The quantitative estimate of drug-likeness (QED) is 0.881. The lowest BCUT2D eigenvalue weighted by molar-refractivity contribution is 0.0662. The fraction of sp³-hybridized carbons (Fsp3) is 0.438. The number of piperidine rings is 1. The Morgan fingerprint density at radius 3 is 2.75 bits per heavy atom. The lowest BCUT2D eigenvalue weighted by Gasteiger charge is -2.39. The zero-order valence-electron chi connectivity index (χ0n) is 12.1. The number of carbonyl (C=O) groups is 1. The molecule has 0 aliphatic carbocycles. The Labute approximate surface area is 119 Å². The number of rotatable bonds is 2. The highest BCUT2D eigenvalue weighted by molar-refractivity contribution is 5.98. The summed E-state index contributed by atoms with van der Waals surface area (Å²) in [4.78, 5) is 17.7. The number of hydrogen-bond acceptors (Lipinski definition) is 2. The van der Waals surface area contributed by atoms with Crippen molar-refractivity contribution in [2.24, 2.45) is 0 Å². The summed E-state index contributed by atoms with van der Waals surface area (Å²) in [6, 6.07) is 7.89. The molecule has 0 atom stereocenters. The van der Waals surface area contributed by atoms with E-state index in [1.165, 1.54) is 0 Å². The molecule has 1 aliphatic heterocycles. The van der Waals surface area contributed by atoms with Crippen LogP contribution in [0.1, 0.15) is 30.1 Å². The minimum atomic E-state index is 0.139. The zero-order chi connectivity index (χ0) is 14.2. The fourth-order valence-electron chi connectivity index (χ4n) is 2.82. The molecule has 1 aromatic carbocycles. The number of benzene rings is 1. The van der Waals surface area contributed by atoms with Gasteiger partial charge in [-0.3, -0.25) is 4.79 Å². The molecule has 1 amide bonds. The van der Waals surface area contributed by atoms with Gasteiger partial charge >= 0.3 is 0 Å². The van der Waals surface area contributed by atoms with E-state index in [1.807, 2.05) is 42.4 Å². The molecular weight excluding hydrogens is 250 g/mol. The number of nitrogens with zero attached hydrogens (tertiary/aromatic N) is 1. The van der Waals surface area contributed by atoms with E-state index in [9.17, 15) is 4.79 Å². The lowest BCUT2D eigenvalue weighted by Crippen LogP contribution is -2.51. The number of fused-ring (bicyclic) bond motifs is 1. The van der Waals surface area contributed by atoms with Crippen LogP contribution in [0.3, 0.4) is 0 Å². The monoisotopic (exact) mass is 271 g/mol. The number of nitrogens with one attached hydrogen (secondary N) is 2. The Hall–Kier alpha value is -1.81. The van der Waals surface area contributed by atoms with Crippen molar-refractivity contribution in [3.05, 3.63) is 36.0 Å². The molecule has 0 spiro atoms. The van der Waals surface area contributed by atoms with E-state index in [1.54, 1.807) is 0 Å². The van der Waals surface area contributed by atoms with Gasteiger partial charge in [0.25, 0.3) is 5.91 Å². The standard InChI is InChI=1S/C16H21N3O/c1-16(17-2)6-9-19(10-7-16)15(20)13-4-3-12-5-8-18-14(12)11-13/h3-5,8,11,17-18H,6-7,9-10H2,1-2H3. The van der Waals surface area contributed by atoms with Crippen LogP contribution in [0.25, 0.3) is 10.9 Å². The maximum atomic E-state index is 12.6.